The lowest BCUT2D eigenvalue weighted by atomic mass is 9.83. The molecule has 0 heterocycles. The summed E-state index contributed by atoms with van der Waals surface area (Å²) in [5, 5.41) is 12.4. The van der Waals surface area contributed by atoms with Gasteiger partial charge in [0, 0.05) is 25.1 Å². The van der Waals surface area contributed by atoms with Crippen LogP contribution in [0.2, 0.25) is 0 Å². The van der Waals surface area contributed by atoms with Crippen molar-refractivity contribution in [2.45, 2.75) is 51.3 Å². The zero-order valence-corrected chi connectivity index (χ0v) is 14.3. The number of halogens is 1. The van der Waals surface area contributed by atoms with Gasteiger partial charge in [-0.15, -0.1) is 12.4 Å². The highest BCUT2D eigenvalue weighted by atomic mass is 35.5. The third-order valence-corrected chi connectivity index (χ3v) is 4.13. The van der Waals surface area contributed by atoms with E-state index in [9.17, 15) is 9.90 Å². The van der Waals surface area contributed by atoms with Gasteiger partial charge in [0.2, 0.25) is 5.91 Å². The molecule has 0 aromatic heterocycles. The first-order chi connectivity index (χ1) is 10.6. The summed E-state index contributed by atoms with van der Waals surface area (Å²) >= 11 is 0. The monoisotopic (exact) mass is 342 g/mol. The zero-order valence-electron chi connectivity index (χ0n) is 13.5. The number of nitrogens with two attached hydrogens (primary N) is 1. The number of ether oxygens (including phenoxy) is 1. The van der Waals surface area contributed by atoms with Crippen LogP contribution in [0.5, 0.6) is 5.75 Å². The van der Waals surface area contributed by atoms with E-state index in [1.807, 2.05) is 6.07 Å². The fourth-order valence-electron chi connectivity index (χ4n) is 2.85. The number of rotatable bonds is 6. The van der Waals surface area contributed by atoms with Crippen molar-refractivity contribution in [2.24, 2.45) is 11.7 Å². The maximum atomic E-state index is 12.3. The number of nitrogens with one attached hydrogen (secondary N) is 1. The summed E-state index contributed by atoms with van der Waals surface area (Å²) in [4.78, 5) is 12.3. The lowest BCUT2D eigenvalue weighted by Gasteiger charge is -2.33. The minimum atomic E-state index is -0.0426. The number of amides is 1. The molecule has 23 heavy (non-hydrogen) atoms. The number of hydrogen-bond donors (Lipinski definition) is 3. The van der Waals surface area contributed by atoms with E-state index in [0.29, 0.717) is 19.6 Å². The molecule has 1 aliphatic rings. The van der Waals surface area contributed by atoms with Crippen LogP contribution < -0.4 is 11.1 Å². The van der Waals surface area contributed by atoms with Crippen LogP contribution in [0.25, 0.3) is 0 Å². The minimum Gasteiger partial charge on any atom is -0.508 e. The Kier molecular flexibility index (Phi) is 8.37. The first-order valence-electron chi connectivity index (χ1n) is 8.03. The quantitative estimate of drug-likeness (QED) is 0.741. The molecule has 0 unspecified atom stereocenters. The van der Waals surface area contributed by atoms with Gasteiger partial charge in [0.25, 0.3) is 0 Å². The van der Waals surface area contributed by atoms with Gasteiger partial charge in [0.1, 0.15) is 5.75 Å². The van der Waals surface area contributed by atoms with Gasteiger partial charge >= 0.3 is 0 Å². The molecule has 5 nitrogen and oxygen atoms in total. The fourth-order valence-corrected chi connectivity index (χ4v) is 2.85. The van der Waals surface area contributed by atoms with Gasteiger partial charge in [-0.1, -0.05) is 19.1 Å². The Morgan fingerprint density at radius 2 is 2.22 bits per heavy atom. The number of benzene rings is 1. The highest BCUT2D eigenvalue weighted by Gasteiger charge is 2.32. The number of hydrogen-bond acceptors (Lipinski definition) is 4. The third kappa shape index (κ3) is 6.01. The van der Waals surface area contributed by atoms with Crippen LogP contribution in [-0.4, -0.2) is 29.8 Å². The average molecular weight is 343 g/mol. The molecule has 1 amide bonds. The third-order valence-electron chi connectivity index (χ3n) is 4.13. The molecule has 1 aromatic rings. The van der Waals surface area contributed by atoms with Crippen molar-refractivity contribution >= 4 is 18.3 Å². The number of phenolic OH excluding ortho intramolecular Hbond substituents is 1. The molecule has 0 spiro atoms. The summed E-state index contributed by atoms with van der Waals surface area (Å²) in [5.74, 6) is 0.211. The van der Waals surface area contributed by atoms with Gasteiger partial charge in [-0.2, -0.15) is 0 Å². The lowest BCUT2D eigenvalue weighted by molar-refractivity contribution is -0.128. The minimum absolute atomic E-state index is 0. The average Bonchev–Trinajstić information content (AvgIpc) is 2.52. The van der Waals surface area contributed by atoms with Gasteiger partial charge in [-0.25, -0.2) is 0 Å². The molecular weight excluding hydrogens is 316 g/mol. The van der Waals surface area contributed by atoms with Crippen LogP contribution in [0.15, 0.2) is 24.3 Å². The molecule has 130 valence electrons. The largest absolute Gasteiger partial charge is 0.508 e. The fraction of sp³-hybridized carbons (Fsp3) is 0.588. The molecule has 1 aromatic carbocycles. The predicted octanol–water partition coefficient (Wildman–Crippen LogP) is 2.35. The van der Waals surface area contributed by atoms with Gasteiger partial charge in [0.05, 0.1) is 6.10 Å². The maximum Gasteiger partial charge on any atom is 0.223 e. The van der Waals surface area contributed by atoms with Crippen LogP contribution in [0, 0.1) is 5.92 Å². The predicted molar refractivity (Wildman–Crippen MR) is 92.5 cm³/mol. The second kappa shape index (κ2) is 9.75. The van der Waals surface area contributed by atoms with Gasteiger partial charge in [-0.3, -0.25) is 4.79 Å². The van der Waals surface area contributed by atoms with E-state index in [4.69, 9.17) is 10.5 Å². The summed E-state index contributed by atoms with van der Waals surface area (Å²) in [6.07, 6.45) is 3.24. The first kappa shape index (κ1) is 19.7. The Hall–Kier alpha value is -1.30. The zero-order chi connectivity index (χ0) is 15.9. The SMILES string of the molecule is CCCO[C@@H]1C[C@@H](C(=O)NCc2cccc(O)c2)CC[C@H]1N.Cl. The number of phenols is 1. The Balaban J connectivity index is 0.00000264. The van der Waals surface area contributed by atoms with Crippen molar-refractivity contribution in [3.8, 4) is 5.75 Å². The lowest BCUT2D eigenvalue weighted by Crippen LogP contribution is -2.45. The molecule has 1 fully saturated rings. The van der Waals surface area contributed by atoms with Crippen LogP contribution in [0.3, 0.4) is 0 Å². The van der Waals surface area contributed by atoms with E-state index in [1.54, 1.807) is 18.2 Å². The van der Waals surface area contributed by atoms with E-state index in [2.05, 4.69) is 12.2 Å². The van der Waals surface area contributed by atoms with Crippen molar-refractivity contribution < 1.29 is 14.6 Å². The Labute approximate surface area is 144 Å². The van der Waals surface area contributed by atoms with Crippen LogP contribution in [0.4, 0.5) is 0 Å². The van der Waals surface area contributed by atoms with Gasteiger partial charge < -0.3 is 20.9 Å². The van der Waals surface area contributed by atoms with E-state index < -0.39 is 0 Å². The number of aromatic hydroxyl groups is 1. The summed E-state index contributed by atoms with van der Waals surface area (Å²) in [5.41, 5.74) is 6.97. The van der Waals surface area contributed by atoms with Crippen molar-refractivity contribution in [1.82, 2.24) is 5.32 Å². The molecule has 3 atom stereocenters. The van der Waals surface area contributed by atoms with E-state index in [0.717, 1.165) is 24.8 Å². The molecule has 1 aliphatic carbocycles. The first-order valence-corrected chi connectivity index (χ1v) is 8.03. The maximum absolute atomic E-state index is 12.3. The van der Waals surface area contributed by atoms with Gasteiger partial charge in [0.15, 0.2) is 0 Å². The highest BCUT2D eigenvalue weighted by Crippen LogP contribution is 2.26. The van der Waals surface area contributed by atoms with Crippen LogP contribution in [0.1, 0.15) is 38.2 Å². The highest BCUT2D eigenvalue weighted by molar-refractivity contribution is 5.85. The molecule has 0 radical (unpaired) electrons. The second-order valence-electron chi connectivity index (χ2n) is 5.97. The molecule has 6 heteroatoms. The standard InChI is InChI=1S/C17H26N2O3.ClH/c1-2-8-22-16-10-13(6-7-15(16)18)17(21)19-11-12-4-3-5-14(20)9-12;/h3-5,9,13,15-16,20H,2,6-8,10-11,18H2,1H3,(H,19,21);1H/t13-,15+,16+;/m0./s1. The molecular formula is C17H27ClN2O3. The second-order valence-corrected chi connectivity index (χ2v) is 5.97. The smallest absolute Gasteiger partial charge is 0.223 e. The molecule has 4 N–H and O–H groups in total. The van der Waals surface area contributed by atoms with Crippen molar-refractivity contribution in [1.29, 1.82) is 0 Å². The van der Waals surface area contributed by atoms with Crippen LogP contribution >= 0.6 is 12.4 Å². The topological polar surface area (TPSA) is 84.6 Å². The van der Waals surface area contributed by atoms with Crippen molar-refractivity contribution in [3.05, 3.63) is 29.8 Å². The Morgan fingerprint density at radius 1 is 1.43 bits per heavy atom. The summed E-state index contributed by atoms with van der Waals surface area (Å²) < 4.78 is 5.77. The molecule has 0 aliphatic heterocycles. The van der Waals surface area contributed by atoms with Crippen molar-refractivity contribution in [2.75, 3.05) is 6.61 Å². The van der Waals surface area contributed by atoms with Gasteiger partial charge in [-0.05, 0) is 43.4 Å². The number of carbonyl (C=O) groups excluding carboxylic acids is 1. The summed E-state index contributed by atoms with van der Waals surface area (Å²) in [6, 6.07) is 6.95. The van der Waals surface area contributed by atoms with Crippen molar-refractivity contribution in [3.63, 3.8) is 0 Å². The van der Waals surface area contributed by atoms with E-state index in [-0.39, 0.29) is 42.1 Å². The van der Waals surface area contributed by atoms with E-state index >= 15 is 0 Å². The molecule has 2 rings (SSSR count). The summed E-state index contributed by atoms with van der Waals surface area (Å²) in [6.45, 7) is 3.18. The molecule has 1 saturated carbocycles. The van der Waals surface area contributed by atoms with E-state index in [1.165, 1.54) is 0 Å². The Bertz CT molecular complexity index is 498. The molecule has 0 bridgehead atoms. The number of carbonyl (C=O) groups is 1. The molecule has 0 saturated heterocycles. The Morgan fingerprint density at radius 3 is 2.91 bits per heavy atom. The summed E-state index contributed by atoms with van der Waals surface area (Å²) in [7, 11) is 0. The van der Waals surface area contributed by atoms with Crippen LogP contribution in [-0.2, 0) is 16.1 Å². The normalized spacial score (nSPS) is 23.8.